The van der Waals surface area contributed by atoms with Crippen molar-refractivity contribution in [2.24, 2.45) is 0 Å². The maximum absolute atomic E-state index is 13.3. The summed E-state index contributed by atoms with van der Waals surface area (Å²) in [6.07, 6.45) is 2.44. The second kappa shape index (κ2) is 8.40. The third kappa shape index (κ3) is 4.21. The lowest BCUT2D eigenvalue weighted by molar-refractivity contribution is 0.0980. The molecule has 7 heteroatoms. The molecular weight excluding hydrogens is 433 g/mol. The van der Waals surface area contributed by atoms with Gasteiger partial charge in [-0.25, -0.2) is 4.98 Å². The molecule has 0 atom stereocenters. The Morgan fingerprint density at radius 1 is 1.00 bits per heavy atom. The van der Waals surface area contributed by atoms with Gasteiger partial charge in [-0.15, -0.1) is 0 Å². The van der Waals surface area contributed by atoms with Gasteiger partial charge >= 0.3 is 0 Å². The van der Waals surface area contributed by atoms with Crippen LogP contribution in [0.5, 0.6) is 5.88 Å². The van der Waals surface area contributed by atoms with Crippen LogP contribution in [0.3, 0.4) is 0 Å². The standard InChI is InChI=1S/C24H21Cl2N3O2/c25-17-8-11-19(26)16(14-17)15-31-23-7-3-4-20(27-23)24(30)29-13-12-28(18-9-10-18)21-5-1-2-6-22(21)29/h1-8,11,14,18H,9-10,12-13,15H2. The SMILES string of the molecule is O=C(c1cccc(OCc2cc(Cl)ccc2Cl)n1)N1CCN(C2CC2)c2ccccc21. The first kappa shape index (κ1) is 20.2. The van der Waals surface area contributed by atoms with Gasteiger partial charge in [-0.2, -0.15) is 0 Å². The zero-order chi connectivity index (χ0) is 21.4. The van der Waals surface area contributed by atoms with E-state index in [-0.39, 0.29) is 12.5 Å². The fourth-order valence-electron chi connectivity index (χ4n) is 3.92. The van der Waals surface area contributed by atoms with E-state index in [1.54, 1.807) is 36.4 Å². The van der Waals surface area contributed by atoms with Gasteiger partial charge in [-0.1, -0.05) is 41.4 Å². The number of fused-ring (bicyclic) bond motifs is 1. The molecule has 2 aromatic carbocycles. The number of anilines is 2. The van der Waals surface area contributed by atoms with Crippen LogP contribution in [-0.4, -0.2) is 30.0 Å². The Hall–Kier alpha value is -2.76. The summed E-state index contributed by atoms with van der Waals surface area (Å²) in [4.78, 5) is 22.0. The van der Waals surface area contributed by atoms with Gasteiger partial charge in [0.25, 0.3) is 5.91 Å². The molecule has 3 aromatic rings. The lowest BCUT2D eigenvalue weighted by Gasteiger charge is -2.37. The molecule has 1 aromatic heterocycles. The van der Waals surface area contributed by atoms with Crippen LogP contribution in [0.1, 0.15) is 28.9 Å². The zero-order valence-corrected chi connectivity index (χ0v) is 18.3. The van der Waals surface area contributed by atoms with E-state index in [1.807, 2.05) is 23.1 Å². The molecule has 2 aliphatic rings. The van der Waals surface area contributed by atoms with Gasteiger partial charge in [0.2, 0.25) is 5.88 Å². The van der Waals surface area contributed by atoms with Crippen molar-refractivity contribution in [2.45, 2.75) is 25.5 Å². The average Bonchev–Trinajstić information content (AvgIpc) is 3.64. The Labute approximate surface area is 191 Å². The van der Waals surface area contributed by atoms with E-state index in [0.29, 0.717) is 34.2 Å². The molecule has 1 amide bonds. The number of hydrogen-bond donors (Lipinski definition) is 0. The molecule has 1 aliphatic carbocycles. The number of amides is 1. The first-order valence-electron chi connectivity index (χ1n) is 10.3. The normalized spacial score (nSPS) is 15.5. The quantitative estimate of drug-likeness (QED) is 0.504. The molecule has 2 heterocycles. The Bertz CT molecular complexity index is 1130. The number of rotatable bonds is 5. The Balaban J connectivity index is 1.35. The maximum atomic E-state index is 13.3. The van der Waals surface area contributed by atoms with Crippen LogP contribution in [0, 0.1) is 0 Å². The molecule has 0 radical (unpaired) electrons. The molecule has 0 spiro atoms. The Morgan fingerprint density at radius 3 is 2.61 bits per heavy atom. The summed E-state index contributed by atoms with van der Waals surface area (Å²) in [6.45, 7) is 1.68. The van der Waals surface area contributed by atoms with E-state index in [4.69, 9.17) is 27.9 Å². The Morgan fingerprint density at radius 2 is 1.81 bits per heavy atom. The van der Waals surface area contributed by atoms with Crippen LogP contribution in [0.15, 0.2) is 60.7 Å². The monoisotopic (exact) mass is 453 g/mol. The molecule has 0 saturated heterocycles. The van der Waals surface area contributed by atoms with Crippen molar-refractivity contribution in [3.63, 3.8) is 0 Å². The maximum Gasteiger partial charge on any atom is 0.277 e. The molecule has 5 rings (SSSR count). The number of carbonyl (C=O) groups is 1. The number of nitrogens with zero attached hydrogens (tertiary/aromatic N) is 3. The van der Waals surface area contributed by atoms with Crippen LogP contribution >= 0.6 is 23.2 Å². The summed E-state index contributed by atoms with van der Waals surface area (Å²) >= 11 is 12.3. The van der Waals surface area contributed by atoms with E-state index in [9.17, 15) is 4.79 Å². The zero-order valence-electron chi connectivity index (χ0n) is 16.8. The van der Waals surface area contributed by atoms with Crippen LogP contribution in [0.25, 0.3) is 0 Å². The summed E-state index contributed by atoms with van der Waals surface area (Å²) in [5.74, 6) is 0.237. The van der Waals surface area contributed by atoms with Gasteiger partial charge in [0.15, 0.2) is 0 Å². The highest BCUT2D eigenvalue weighted by atomic mass is 35.5. The third-order valence-electron chi connectivity index (χ3n) is 5.61. The van der Waals surface area contributed by atoms with Gasteiger partial charge in [-0.3, -0.25) is 4.79 Å². The number of benzene rings is 2. The van der Waals surface area contributed by atoms with E-state index < -0.39 is 0 Å². The van der Waals surface area contributed by atoms with Crippen molar-refractivity contribution in [1.29, 1.82) is 0 Å². The minimum Gasteiger partial charge on any atom is -0.473 e. The number of hydrogen-bond acceptors (Lipinski definition) is 4. The first-order valence-corrected chi connectivity index (χ1v) is 11.1. The highest BCUT2D eigenvalue weighted by molar-refractivity contribution is 6.33. The predicted molar refractivity (Wildman–Crippen MR) is 124 cm³/mol. The fourth-order valence-corrected chi connectivity index (χ4v) is 4.29. The smallest absolute Gasteiger partial charge is 0.277 e. The van der Waals surface area contributed by atoms with Crippen LogP contribution < -0.4 is 14.5 Å². The van der Waals surface area contributed by atoms with Crippen molar-refractivity contribution in [2.75, 3.05) is 22.9 Å². The first-order chi connectivity index (χ1) is 15.1. The predicted octanol–water partition coefficient (Wildman–Crippen LogP) is 5.60. The van der Waals surface area contributed by atoms with Crippen LogP contribution in [0.4, 0.5) is 11.4 Å². The number of ether oxygens (including phenoxy) is 1. The van der Waals surface area contributed by atoms with Crippen molar-refractivity contribution >= 4 is 40.5 Å². The highest BCUT2D eigenvalue weighted by Gasteiger charge is 2.35. The number of aromatic nitrogens is 1. The van der Waals surface area contributed by atoms with Crippen LogP contribution in [0.2, 0.25) is 10.0 Å². The third-order valence-corrected chi connectivity index (χ3v) is 6.21. The van der Waals surface area contributed by atoms with E-state index in [1.165, 1.54) is 12.8 Å². The van der Waals surface area contributed by atoms with E-state index >= 15 is 0 Å². The van der Waals surface area contributed by atoms with Crippen molar-refractivity contribution in [1.82, 2.24) is 4.98 Å². The molecular formula is C24H21Cl2N3O2. The summed E-state index contributed by atoms with van der Waals surface area (Å²) in [5, 5.41) is 1.16. The molecule has 1 fully saturated rings. The summed E-state index contributed by atoms with van der Waals surface area (Å²) in [6, 6.07) is 19.1. The lowest BCUT2D eigenvalue weighted by atomic mass is 10.1. The van der Waals surface area contributed by atoms with Crippen molar-refractivity contribution in [3.8, 4) is 5.88 Å². The van der Waals surface area contributed by atoms with Gasteiger partial charge < -0.3 is 14.5 Å². The highest BCUT2D eigenvalue weighted by Crippen LogP contribution is 2.40. The van der Waals surface area contributed by atoms with Gasteiger partial charge in [0, 0.05) is 40.8 Å². The molecule has 158 valence electrons. The minimum atomic E-state index is -0.130. The second-order valence-corrected chi connectivity index (χ2v) is 8.60. The van der Waals surface area contributed by atoms with Gasteiger partial charge in [-0.05, 0) is 49.2 Å². The molecule has 1 aliphatic heterocycles. The summed E-state index contributed by atoms with van der Waals surface area (Å²) in [5.41, 5.74) is 3.17. The summed E-state index contributed by atoms with van der Waals surface area (Å²) < 4.78 is 5.80. The summed E-state index contributed by atoms with van der Waals surface area (Å²) in [7, 11) is 0. The topological polar surface area (TPSA) is 45.7 Å². The number of pyridine rings is 1. The van der Waals surface area contributed by atoms with Gasteiger partial charge in [0.05, 0.1) is 11.4 Å². The van der Waals surface area contributed by atoms with Crippen LogP contribution in [-0.2, 0) is 6.61 Å². The van der Waals surface area contributed by atoms with Gasteiger partial charge in [0.1, 0.15) is 12.3 Å². The minimum absolute atomic E-state index is 0.130. The number of halogens is 2. The van der Waals surface area contributed by atoms with E-state index in [0.717, 1.165) is 23.5 Å². The Kier molecular flexibility index (Phi) is 5.47. The van der Waals surface area contributed by atoms with E-state index in [2.05, 4.69) is 16.0 Å². The number of para-hydroxylation sites is 2. The number of carbonyl (C=O) groups excluding carboxylic acids is 1. The second-order valence-electron chi connectivity index (χ2n) is 7.76. The van der Waals surface area contributed by atoms with Crippen molar-refractivity contribution in [3.05, 3.63) is 82.0 Å². The average molecular weight is 454 g/mol. The molecule has 31 heavy (non-hydrogen) atoms. The molecule has 0 unspecified atom stereocenters. The lowest BCUT2D eigenvalue weighted by Crippen LogP contribution is -2.45. The fraction of sp³-hybridized carbons (Fsp3) is 0.250. The largest absolute Gasteiger partial charge is 0.473 e. The molecule has 0 N–H and O–H groups in total. The molecule has 0 bridgehead atoms. The molecule has 1 saturated carbocycles. The molecule has 5 nitrogen and oxygen atoms in total. The van der Waals surface area contributed by atoms with Crippen molar-refractivity contribution < 1.29 is 9.53 Å².